The molecule has 0 atom stereocenters. The second kappa shape index (κ2) is 10.2. The Bertz CT molecular complexity index is 1180. The van der Waals surface area contributed by atoms with Crippen LogP contribution in [0.5, 0.6) is 0 Å². The Morgan fingerprint density at radius 3 is 2.85 bits per heavy atom. The van der Waals surface area contributed by atoms with E-state index in [1.54, 1.807) is 30.2 Å². The maximum Gasteiger partial charge on any atom is 0.409 e. The molecule has 1 aliphatic heterocycles. The van der Waals surface area contributed by atoms with Gasteiger partial charge in [0.2, 0.25) is 5.91 Å². The van der Waals surface area contributed by atoms with Crippen LogP contribution in [-0.2, 0) is 16.1 Å². The van der Waals surface area contributed by atoms with E-state index in [-0.39, 0.29) is 35.9 Å². The van der Waals surface area contributed by atoms with E-state index in [9.17, 15) is 14.4 Å². The topological polar surface area (TPSA) is 122 Å². The fourth-order valence-corrected chi connectivity index (χ4v) is 4.65. The van der Waals surface area contributed by atoms with Crippen LogP contribution in [0, 0.1) is 6.92 Å². The summed E-state index contributed by atoms with van der Waals surface area (Å²) < 4.78 is 12.0. The molecule has 3 aromatic heterocycles. The van der Waals surface area contributed by atoms with Gasteiger partial charge in [0.15, 0.2) is 5.16 Å². The fourth-order valence-electron chi connectivity index (χ4n) is 3.84. The maximum absolute atomic E-state index is 13.1. The van der Waals surface area contributed by atoms with Crippen LogP contribution in [0.3, 0.4) is 0 Å². The minimum atomic E-state index is -0.311. The number of nitrogens with one attached hydrogen (secondary N) is 2. The van der Waals surface area contributed by atoms with Crippen molar-refractivity contribution in [3.8, 4) is 0 Å². The van der Waals surface area contributed by atoms with Crippen LogP contribution in [-0.4, -0.2) is 62.9 Å². The molecule has 2 N–H and O–H groups in total. The molecule has 10 nitrogen and oxygen atoms in total. The molecule has 1 saturated heterocycles. The van der Waals surface area contributed by atoms with Crippen LogP contribution >= 0.6 is 11.8 Å². The molecular weight excluding hydrogens is 446 g/mol. The Kier molecular flexibility index (Phi) is 7.07. The van der Waals surface area contributed by atoms with Crippen LogP contribution in [0.2, 0.25) is 0 Å². The van der Waals surface area contributed by atoms with Crippen LogP contribution in [0.1, 0.15) is 31.2 Å². The first-order valence-corrected chi connectivity index (χ1v) is 11.9. The molecule has 176 valence electrons. The number of H-pyrrole nitrogens is 1. The largest absolute Gasteiger partial charge is 0.467 e. The smallest absolute Gasteiger partial charge is 0.409 e. The zero-order chi connectivity index (χ0) is 23.4. The van der Waals surface area contributed by atoms with Crippen molar-refractivity contribution in [3.63, 3.8) is 0 Å². The number of fused-ring (bicyclic) bond motifs is 1. The van der Waals surface area contributed by atoms with Gasteiger partial charge in [-0.1, -0.05) is 11.8 Å². The molecule has 0 saturated carbocycles. The molecule has 33 heavy (non-hydrogen) atoms. The number of aryl methyl sites for hydroxylation is 1. The number of carbonyl (C=O) groups is 2. The van der Waals surface area contributed by atoms with E-state index >= 15 is 0 Å². The molecule has 4 heterocycles. The fraction of sp³-hybridized carbons (Fsp3) is 0.455. The highest BCUT2D eigenvalue weighted by molar-refractivity contribution is 7.99. The van der Waals surface area contributed by atoms with Gasteiger partial charge in [-0.25, -0.2) is 9.78 Å². The lowest BCUT2D eigenvalue weighted by Gasteiger charge is -2.31. The molecule has 11 heteroatoms. The van der Waals surface area contributed by atoms with Gasteiger partial charge >= 0.3 is 6.09 Å². The van der Waals surface area contributed by atoms with E-state index in [0.717, 1.165) is 5.69 Å². The SMILES string of the molecule is CCOC(=O)N1CCC(NC(=O)CSc2nc3cc(C)[nH]c3c(=O)n2Cc2ccco2)CC1. The highest BCUT2D eigenvalue weighted by Gasteiger charge is 2.25. The van der Waals surface area contributed by atoms with Gasteiger partial charge < -0.3 is 24.4 Å². The van der Waals surface area contributed by atoms with E-state index in [0.29, 0.717) is 54.5 Å². The lowest BCUT2D eigenvalue weighted by Crippen LogP contribution is -2.47. The monoisotopic (exact) mass is 473 g/mol. The first-order valence-electron chi connectivity index (χ1n) is 10.9. The number of piperidine rings is 1. The average Bonchev–Trinajstić information content (AvgIpc) is 3.44. The molecule has 0 spiro atoms. The summed E-state index contributed by atoms with van der Waals surface area (Å²) in [6.07, 6.45) is 2.59. The Hall–Kier alpha value is -3.21. The van der Waals surface area contributed by atoms with Gasteiger partial charge in [0.1, 0.15) is 11.3 Å². The number of hydrogen-bond donors (Lipinski definition) is 2. The number of hydrogen-bond acceptors (Lipinski definition) is 7. The maximum atomic E-state index is 13.1. The molecule has 0 unspecified atom stereocenters. The Labute approximate surface area is 194 Å². The minimum Gasteiger partial charge on any atom is -0.467 e. The molecule has 0 aromatic carbocycles. The van der Waals surface area contributed by atoms with Gasteiger partial charge in [-0.15, -0.1) is 0 Å². The van der Waals surface area contributed by atoms with E-state index in [1.165, 1.54) is 16.3 Å². The molecule has 3 aromatic rings. The number of ether oxygens (including phenoxy) is 1. The lowest BCUT2D eigenvalue weighted by atomic mass is 10.1. The molecular formula is C22H27N5O5S. The van der Waals surface area contributed by atoms with E-state index in [4.69, 9.17) is 9.15 Å². The highest BCUT2D eigenvalue weighted by atomic mass is 32.2. The second-order valence-electron chi connectivity index (χ2n) is 7.89. The summed E-state index contributed by atoms with van der Waals surface area (Å²) in [6.45, 7) is 5.31. The van der Waals surface area contributed by atoms with E-state index < -0.39 is 0 Å². The standard InChI is InChI=1S/C22H27N5O5S/c1-3-31-22(30)26-8-6-15(7-9-26)24-18(28)13-33-21-25-17-11-14(2)23-19(17)20(29)27(21)12-16-5-4-10-32-16/h4-5,10-11,15,23H,3,6-9,12-13H2,1-2H3,(H,24,28). The number of aromatic nitrogens is 3. The molecule has 0 radical (unpaired) electrons. The number of carbonyl (C=O) groups excluding carboxylic acids is 2. The van der Waals surface area contributed by atoms with Crippen LogP contribution in [0.15, 0.2) is 38.8 Å². The van der Waals surface area contributed by atoms with Gasteiger partial charge in [-0.05, 0) is 44.9 Å². The molecule has 0 bridgehead atoms. The number of rotatable bonds is 7. The predicted octanol–water partition coefficient (Wildman–Crippen LogP) is 2.50. The molecule has 0 aliphatic carbocycles. The lowest BCUT2D eigenvalue weighted by molar-refractivity contribution is -0.119. The van der Waals surface area contributed by atoms with Crippen molar-refractivity contribution in [2.24, 2.45) is 0 Å². The summed E-state index contributed by atoms with van der Waals surface area (Å²) in [5.41, 5.74) is 1.63. The van der Waals surface area contributed by atoms with E-state index in [2.05, 4.69) is 15.3 Å². The summed E-state index contributed by atoms with van der Waals surface area (Å²) in [5, 5.41) is 3.48. The number of thioether (sulfide) groups is 1. The summed E-state index contributed by atoms with van der Waals surface area (Å²) in [4.78, 5) is 46.8. The zero-order valence-electron chi connectivity index (χ0n) is 18.6. The van der Waals surface area contributed by atoms with Crippen molar-refractivity contribution < 1.29 is 18.7 Å². The third kappa shape index (κ3) is 5.41. The number of likely N-dealkylation sites (tertiary alicyclic amines) is 1. The van der Waals surface area contributed by atoms with Gasteiger partial charge in [0.25, 0.3) is 5.56 Å². The molecule has 1 aliphatic rings. The first kappa shape index (κ1) is 23.0. The minimum absolute atomic E-state index is 0.00292. The Morgan fingerprint density at radius 1 is 1.36 bits per heavy atom. The second-order valence-corrected chi connectivity index (χ2v) is 8.84. The summed E-state index contributed by atoms with van der Waals surface area (Å²) in [7, 11) is 0. The van der Waals surface area contributed by atoms with Gasteiger partial charge in [0.05, 0.1) is 30.7 Å². The normalized spacial score (nSPS) is 14.5. The first-order chi connectivity index (χ1) is 15.9. The molecule has 4 rings (SSSR count). The van der Waals surface area contributed by atoms with Gasteiger partial charge in [-0.3, -0.25) is 14.2 Å². The number of aromatic amines is 1. The quantitative estimate of drug-likeness (QED) is 0.399. The van der Waals surface area contributed by atoms with Gasteiger partial charge in [0, 0.05) is 24.8 Å². The van der Waals surface area contributed by atoms with Crippen molar-refractivity contribution in [2.75, 3.05) is 25.4 Å². The highest BCUT2D eigenvalue weighted by Crippen LogP contribution is 2.20. The van der Waals surface area contributed by atoms with Crippen molar-refractivity contribution in [1.29, 1.82) is 0 Å². The Balaban J connectivity index is 1.41. The summed E-state index contributed by atoms with van der Waals surface area (Å²) in [5.74, 6) is 0.609. The van der Waals surface area contributed by atoms with Crippen molar-refractivity contribution in [3.05, 3.63) is 46.3 Å². The van der Waals surface area contributed by atoms with Crippen LogP contribution < -0.4 is 10.9 Å². The number of amides is 2. The van der Waals surface area contributed by atoms with Crippen molar-refractivity contribution in [2.45, 2.75) is 44.4 Å². The van der Waals surface area contributed by atoms with Gasteiger partial charge in [-0.2, -0.15) is 0 Å². The Morgan fingerprint density at radius 2 is 2.15 bits per heavy atom. The van der Waals surface area contributed by atoms with Crippen LogP contribution in [0.4, 0.5) is 4.79 Å². The third-order valence-electron chi connectivity index (χ3n) is 5.45. The van der Waals surface area contributed by atoms with E-state index in [1.807, 2.05) is 13.0 Å². The number of furan rings is 1. The number of nitrogens with zero attached hydrogens (tertiary/aromatic N) is 3. The summed E-state index contributed by atoms with van der Waals surface area (Å²) >= 11 is 1.22. The molecule has 1 fully saturated rings. The zero-order valence-corrected chi connectivity index (χ0v) is 19.4. The van der Waals surface area contributed by atoms with Crippen LogP contribution in [0.25, 0.3) is 11.0 Å². The predicted molar refractivity (Wildman–Crippen MR) is 123 cm³/mol. The van der Waals surface area contributed by atoms with Crippen molar-refractivity contribution in [1.82, 2.24) is 24.8 Å². The average molecular weight is 474 g/mol. The third-order valence-corrected chi connectivity index (χ3v) is 6.43. The van der Waals surface area contributed by atoms with Crippen molar-refractivity contribution >= 4 is 34.8 Å². The molecule has 2 amide bonds. The summed E-state index contributed by atoms with van der Waals surface area (Å²) in [6, 6.07) is 5.37.